The third kappa shape index (κ3) is 3.05. The van der Waals surface area contributed by atoms with Crippen LogP contribution in [0.4, 0.5) is 4.39 Å². The van der Waals surface area contributed by atoms with Gasteiger partial charge in [-0.1, -0.05) is 19.9 Å². The smallest absolute Gasteiger partial charge is 0.230 e. The summed E-state index contributed by atoms with van der Waals surface area (Å²) in [4.78, 5) is 27.2. The Labute approximate surface area is 192 Å². The highest BCUT2D eigenvalue weighted by Gasteiger charge is 2.75. The standard InChI is InChI=1S/C24H32FNO7/c1-21(2)31-18-9-14-13-8-16(25)15-7-12(27)5-6-22(15,3)20(13)17(28)10-23(14,4)24(18,33-21)11-19(29)32-26-30/h5-7,13-14,16-20,28-29H,8-11H2,1-4H3/t13-,14-,16-,17-,18+,19?,20+,22-,23-,24+/m0/s1. The third-order valence-corrected chi connectivity index (χ3v) is 9.32. The number of hydrogen-bond donors (Lipinski definition) is 2. The van der Waals surface area contributed by atoms with Crippen LogP contribution in [0.2, 0.25) is 0 Å². The van der Waals surface area contributed by atoms with E-state index in [1.165, 1.54) is 12.2 Å². The molecule has 3 saturated carbocycles. The quantitative estimate of drug-likeness (QED) is 0.372. The number of nitrogens with zero attached hydrogens (tertiary/aromatic N) is 1. The lowest BCUT2D eigenvalue weighted by atomic mass is 9.46. The zero-order chi connectivity index (χ0) is 24.0. The topological polar surface area (TPSA) is 115 Å². The highest BCUT2D eigenvalue weighted by atomic mass is 19.1. The van der Waals surface area contributed by atoms with Crippen molar-refractivity contribution in [3.05, 3.63) is 28.7 Å². The number of allylic oxidation sites excluding steroid dienone is 4. The van der Waals surface area contributed by atoms with E-state index in [0.717, 1.165) is 0 Å². The second-order valence-corrected chi connectivity index (χ2v) is 11.4. The number of halogens is 1. The number of carbonyl (C=O) groups is 1. The van der Waals surface area contributed by atoms with Gasteiger partial charge in [-0.25, -0.2) is 4.39 Å². The first kappa shape index (κ1) is 23.1. The van der Waals surface area contributed by atoms with Gasteiger partial charge in [0.1, 0.15) is 11.8 Å². The van der Waals surface area contributed by atoms with E-state index in [9.17, 15) is 19.9 Å². The summed E-state index contributed by atoms with van der Waals surface area (Å²) in [5.74, 6) is -1.67. The first-order chi connectivity index (χ1) is 15.4. The van der Waals surface area contributed by atoms with Crippen LogP contribution in [0.25, 0.3) is 0 Å². The molecular formula is C24H32FNO7. The average molecular weight is 466 g/mol. The Hall–Kier alpha value is -1.68. The molecule has 1 aliphatic heterocycles. The average Bonchev–Trinajstić information content (AvgIpc) is 3.07. The molecule has 4 aliphatic carbocycles. The van der Waals surface area contributed by atoms with E-state index in [-0.39, 0.29) is 36.4 Å². The van der Waals surface area contributed by atoms with Crippen LogP contribution in [0.3, 0.4) is 0 Å². The van der Waals surface area contributed by atoms with Crippen LogP contribution in [-0.2, 0) is 19.1 Å². The maximum atomic E-state index is 15.5. The predicted octanol–water partition coefficient (Wildman–Crippen LogP) is 3.12. The molecule has 182 valence electrons. The van der Waals surface area contributed by atoms with Crippen molar-refractivity contribution in [3.8, 4) is 0 Å². The molecule has 9 heteroatoms. The summed E-state index contributed by atoms with van der Waals surface area (Å²) >= 11 is 0. The van der Waals surface area contributed by atoms with E-state index in [4.69, 9.17) is 9.47 Å². The number of ether oxygens (including phenoxy) is 2. The largest absolute Gasteiger partial charge is 0.393 e. The van der Waals surface area contributed by atoms with Crippen molar-refractivity contribution in [1.82, 2.24) is 0 Å². The van der Waals surface area contributed by atoms with Crippen LogP contribution in [0.15, 0.2) is 29.1 Å². The molecule has 33 heavy (non-hydrogen) atoms. The first-order valence-corrected chi connectivity index (χ1v) is 11.7. The van der Waals surface area contributed by atoms with Gasteiger partial charge in [0.2, 0.25) is 6.29 Å². The van der Waals surface area contributed by atoms with Crippen molar-refractivity contribution in [2.24, 2.45) is 33.9 Å². The van der Waals surface area contributed by atoms with Crippen LogP contribution >= 0.6 is 0 Å². The van der Waals surface area contributed by atoms with Gasteiger partial charge in [0.15, 0.2) is 16.9 Å². The summed E-state index contributed by atoms with van der Waals surface area (Å²) in [7, 11) is 0. The molecule has 0 aromatic rings. The molecule has 4 fully saturated rings. The van der Waals surface area contributed by atoms with Gasteiger partial charge in [-0.15, -0.1) is 4.91 Å². The number of fused-ring (bicyclic) bond motifs is 7. The predicted molar refractivity (Wildman–Crippen MR) is 114 cm³/mol. The highest BCUT2D eigenvalue weighted by Crippen LogP contribution is 2.71. The summed E-state index contributed by atoms with van der Waals surface area (Å²) < 4.78 is 28.3. The molecule has 5 aliphatic rings. The van der Waals surface area contributed by atoms with Gasteiger partial charge in [0.05, 0.1) is 12.2 Å². The van der Waals surface area contributed by atoms with Crippen molar-refractivity contribution in [2.75, 3.05) is 0 Å². The van der Waals surface area contributed by atoms with Crippen LogP contribution < -0.4 is 0 Å². The van der Waals surface area contributed by atoms with Gasteiger partial charge in [0, 0.05) is 23.2 Å². The fraction of sp³-hybridized carbons (Fsp3) is 0.792. The minimum Gasteiger partial charge on any atom is -0.393 e. The summed E-state index contributed by atoms with van der Waals surface area (Å²) in [5.41, 5.74) is -2.03. The SMILES string of the molecule is CC1(C)O[C@@H]2C[C@H]3[C@@H]4C[C@H](F)C5=CC(=O)C=C[C@]5(C)[C@H]4[C@@H](O)C[C@]3(C)[C@]2(CC(O)ON=O)O1. The molecule has 1 unspecified atom stereocenters. The molecule has 10 atom stereocenters. The van der Waals surface area contributed by atoms with Gasteiger partial charge in [-0.05, 0) is 62.7 Å². The first-order valence-electron chi connectivity index (χ1n) is 11.7. The van der Waals surface area contributed by atoms with Gasteiger partial charge < -0.3 is 24.5 Å². The van der Waals surface area contributed by atoms with Crippen LogP contribution in [-0.4, -0.2) is 52.1 Å². The van der Waals surface area contributed by atoms with Gasteiger partial charge in [0.25, 0.3) is 0 Å². The van der Waals surface area contributed by atoms with E-state index in [1.807, 2.05) is 13.8 Å². The Kier molecular flexibility index (Phi) is 5.01. The summed E-state index contributed by atoms with van der Waals surface area (Å²) in [6, 6.07) is 0. The second kappa shape index (κ2) is 7.16. The van der Waals surface area contributed by atoms with Crippen molar-refractivity contribution >= 4 is 5.78 Å². The Bertz CT molecular complexity index is 936. The number of ketones is 1. The molecule has 0 aromatic carbocycles. The molecule has 0 radical (unpaired) electrons. The van der Waals surface area contributed by atoms with Crippen LogP contribution in [0.1, 0.15) is 53.4 Å². The third-order valence-electron chi connectivity index (χ3n) is 9.32. The number of carbonyl (C=O) groups excluding carboxylic acids is 1. The molecule has 2 N–H and O–H groups in total. The van der Waals surface area contributed by atoms with Crippen LogP contribution in [0, 0.1) is 33.5 Å². The van der Waals surface area contributed by atoms with E-state index >= 15 is 4.39 Å². The molecular weight excluding hydrogens is 433 g/mol. The molecule has 1 heterocycles. The lowest BCUT2D eigenvalue weighted by Gasteiger charge is -2.60. The number of aliphatic hydroxyl groups is 2. The fourth-order valence-corrected chi connectivity index (χ4v) is 8.28. The normalized spacial score (nSPS) is 50.5. The van der Waals surface area contributed by atoms with E-state index < -0.39 is 46.9 Å². The Morgan fingerprint density at radius 3 is 2.73 bits per heavy atom. The number of aliphatic hydroxyl groups excluding tert-OH is 2. The van der Waals surface area contributed by atoms with Gasteiger partial charge in [-0.3, -0.25) is 4.79 Å². The zero-order valence-electron chi connectivity index (χ0n) is 19.4. The zero-order valence-corrected chi connectivity index (χ0v) is 19.4. The van der Waals surface area contributed by atoms with Crippen molar-refractivity contribution in [3.63, 3.8) is 0 Å². The maximum absolute atomic E-state index is 15.5. The van der Waals surface area contributed by atoms with Gasteiger partial charge >= 0.3 is 0 Å². The van der Waals surface area contributed by atoms with Crippen molar-refractivity contribution < 1.29 is 33.7 Å². The summed E-state index contributed by atoms with van der Waals surface area (Å²) in [6.45, 7) is 7.49. The molecule has 1 saturated heterocycles. The minimum atomic E-state index is -1.49. The second-order valence-electron chi connectivity index (χ2n) is 11.4. The Morgan fingerprint density at radius 2 is 2.03 bits per heavy atom. The molecule has 0 aromatic heterocycles. The Balaban J connectivity index is 1.57. The number of hydrogen-bond acceptors (Lipinski definition) is 8. The van der Waals surface area contributed by atoms with Crippen LogP contribution in [0.5, 0.6) is 0 Å². The van der Waals surface area contributed by atoms with Gasteiger partial charge in [-0.2, -0.15) is 0 Å². The van der Waals surface area contributed by atoms with Crippen molar-refractivity contribution in [2.45, 2.75) is 89.4 Å². The summed E-state index contributed by atoms with van der Waals surface area (Å²) in [6.07, 6.45) is 1.68. The molecule has 0 spiro atoms. The highest BCUT2D eigenvalue weighted by molar-refractivity contribution is 6.01. The van der Waals surface area contributed by atoms with E-state index in [2.05, 4.69) is 10.2 Å². The monoisotopic (exact) mass is 465 g/mol. The minimum absolute atomic E-state index is 0.0557. The molecule has 5 rings (SSSR count). The number of alkyl halides is 1. The molecule has 0 amide bonds. The molecule has 8 nitrogen and oxygen atoms in total. The van der Waals surface area contributed by atoms with E-state index in [0.29, 0.717) is 18.4 Å². The fourth-order valence-electron chi connectivity index (χ4n) is 8.28. The Morgan fingerprint density at radius 1 is 1.30 bits per heavy atom. The molecule has 0 bridgehead atoms. The van der Waals surface area contributed by atoms with E-state index in [1.54, 1.807) is 19.9 Å². The lowest BCUT2D eigenvalue weighted by molar-refractivity contribution is -0.247. The lowest BCUT2D eigenvalue weighted by Crippen LogP contribution is -2.62. The number of rotatable bonds is 4. The maximum Gasteiger partial charge on any atom is 0.230 e. The van der Waals surface area contributed by atoms with Crippen molar-refractivity contribution in [1.29, 1.82) is 0 Å². The summed E-state index contributed by atoms with van der Waals surface area (Å²) in [5, 5.41) is 24.3.